The molecule has 1 amide bonds. The van der Waals surface area contributed by atoms with E-state index in [0.717, 1.165) is 37.6 Å². The van der Waals surface area contributed by atoms with Crippen LogP contribution in [0.25, 0.3) is 0 Å². The Bertz CT molecular complexity index is 761. The minimum atomic E-state index is -0.308. The van der Waals surface area contributed by atoms with Crippen LogP contribution in [0.4, 0.5) is 0 Å². The number of hydrogen-bond donors (Lipinski definition) is 0. The van der Waals surface area contributed by atoms with E-state index >= 15 is 0 Å². The molecule has 1 saturated carbocycles. The summed E-state index contributed by atoms with van der Waals surface area (Å²) in [7, 11) is 0. The van der Waals surface area contributed by atoms with Crippen LogP contribution in [0.5, 0.6) is 0 Å². The fraction of sp³-hybridized carbons (Fsp3) is 0.684. The highest BCUT2D eigenvalue weighted by atomic mass is 16.2. The van der Waals surface area contributed by atoms with Crippen molar-refractivity contribution in [1.29, 1.82) is 0 Å². The van der Waals surface area contributed by atoms with Crippen molar-refractivity contribution >= 4 is 5.91 Å². The van der Waals surface area contributed by atoms with E-state index in [0.29, 0.717) is 18.5 Å². The summed E-state index contributed by atoms with van der Waals surface area (Å²) in [5.41, 5.74) is -0.308. The molecule has 0 unspecified atom stereocenters. The van der Waals surface area contributed by atoms with Crippen LogP contribution in [0.1, 0.15) is 70.1 Å². The molecule has 1 aliphatic heterocycles. The summed E-state index contributed by atoms with van der Waals surface area (Å²) >= 11 is 0. The van der Waals surface area contributed by atoms with Gasteiger partial charge in [0.05, 0.1) is 0 Å². The first kappa shape index (κ1) is 17.2. The highest BCUT2D eigenvalue weighted by Gasteiger charge is 2.35. The first-order valence-electron chi connectivity index (χ1n) is 9.64. The summed E-state index contributed by atoms with van der Waals surface area (Å²) in [5.74, 6) is 2.74. The molecule has 4 rings (SSSR count). The Kier molecular flexibility index (Phi) is 4.32. The van der Waals surface area contributed by atoms with E-state index in [1.807, 2.05) is 42.6 Å². The van der Waals surface area contributed by atoms with Crippen molar-refractivity contribution in [3.63, 3.8) is 0 Å². The molecule has 2 aliphatic rings. The molecular formula is C19H28N6O. The van der Waals surface area contributed by atoms with E-state index in [1.165, 1.54) is 12.8 Å². The van der Waals surface area contributed by atoms with E-state index in [-0.39, 0.29) is 11.3 Å². The molecule has 26 heavy (non-hydrogen) atoms. The second kappa shape index (κ2) is 6.52. The summed E-state index contributed by atoms with van der Waals surface area (Å²) in [6.07, 6.45) is 8.10. The number of carbonyl (C=O) groups is 1. The average Bonchev–Trinajstić information content (AvgIpc) is 3.15. The second-order valence-corrected chi connectivity index (χ2v) is 8.60. The molecule has 1 aliphatic carbocycles. The van der Waals surface area contributed by atoms with Gasteiger partial charge < -0.3 is 9.47 Å². The Morgan fingerprint density at radius 2 is 1.88 bits per heavy atom. The van der Waals surface area contributed by atoms with Crippen molar-refractivity contribution in [2.45, 2.75) is 65.0 Å². The molecule has 0 aromatic carbocycles. The zero-order valence-corrected chi connectivity index (χ0v) is 15.9. The first-order valence-corrected chi connectivity index (χ1v) is 9.64. The van der Waals surface area contributed by atoms with Crippen LogP contribution in [0, 0.1) is 5.41 Å². The van der Waals surface area contributed by atoms with Crippen LogP contribution in [-0.2, 0) is 11.3 Å². The number of likely N-dealkylation sites (tertiary alicyclic amines) is 1. The Balaban J connectivity index is 1.49. The molecule has 2 aromatic heterocycles. The monoisotopic (exact) mass is 356 g/mol. The molecule has 3 heterocycles. The Morgan fingerprint density at radius 1 is 1.15 bits per heavy atom. The molecule has 7 nitrogen and oxygen atoms in total. The molecule has 0 bridgehead atoms. The third kappa shape index (κ3) is 3.39. The van der Waals surface area contributed by atoms with Crippen molar-refractivity contribution in [2.24, 2.45) is 5.41 Å². The number of aromatic nitrogens is 5. The van der Waals surface area contributed by atoms with Crippen molar-refractivity contribution in [3.8, 4) is 0 Å². The maximum absolute atomic E-state index is 12.5. The lowest BCUT2D eigenvalue weighted by Gasteiger charge is -2.35. The van der Waals surface area contributed by atoms with Gasteiger partial charge in [-0.25, -0.2) is 0 Å². The van der Waals surface area contributed by atoms with Gasteiger partial charge in [0.1, 0.15) is 12.4 Å². The van der Waals surface area contributed by atoms with E-state index in [9.17, 15) is 4.79 Å². The Labute approximate surface area is 154 Å². The summed E-state index contributed by atoms with van der Waals surface area (Å²) in [5, 5.41) is 13.4. The second-order valence-electron chi connectivity index (χ2n) is 8.60. The molecule has 1 saturated heterocycles. The quantitative estimate of drug-likeness (QED) is 0.844. The van der Waals surface area contributed by atoms with Crippen LogP contribution in [0.3, 0.4) is 0 Å². The lowest BCUT2D eigenvalue weighted by molar-refractivity contribution is -0.140. The van der Waals surface area contributed by atoms with Gasteiger partial charge >= 0.3 is 0 Å². The molecule has 0 radical (unpaired) electrons. The van der Waals surface area contributed by atoms with Gasteiger partial charge in [0.25, 0.3) is 0 Å². The summed E-state index contributed by atoms with van der Waals surface area (Å²) in [6, 6.07) is 2.47. The Morgan fingerprint density at radius 3 is 2.46 bits per heavy atom. The van der Waals surface area contributed by atoms with Gasteiger partial charge in [-0.05, 0) is 31.7 Å². The smallest absolute Gasteiger partial charge is 0.227 e. The molecule has 0 N–H and O–H groups in total. The first-order chi connectivity index (χ1) is 12.4. The van der Waals surface area contributed by atoms with Crippen LogP contribution >= 0.6 is 0 Å². The third-order valence-electron chi connectivity index (χ3n) is 5.36. The van der Waals surface area contributed by atoms with E-state index < -0.39 is 0 Å². The molecule has 7 heteroatoms. The van der Waals surface area contributed by atoms with Crippen LogP contribution in [-0.4, -0.2) is 48.4 Å². The number of piperidine rings is 1. The SMILES string of the molecule is CC(C)(C)C(=O)N1CCC(c2nnc(Cn3cccn3)n2C2CC2)CC1. The minimum Gasteiger partial charge on any atom is -0.342 e. The summed E-state index contributed by atoms with van der Waals surface area (Å²) < 4.78 is 4.25. The predicted octanol–water partition coefficient (Wildman–Crippen LogP) is 2.61. The van der Waals surface area contributed by atoms with Gasteiger partial charge in [-0.3, -0.25) is 9.48 Å². The molecular weight excluding hydrogens is 328 g/mol. The van der Waals surface area contributed by atoms with Gasteiger partial charge in [0.2, 0.25) is 5.91 Å². The minimum absolute atomic E-state index is 0.249. The molecule has 2 fully saturated rings. The van der Waals surface area contributed by atoms with Crippen molar-refractivity contribution in [1.82, 2.24) is 29.4 Å². The van der Waals surface area contributed by atoms with Crippen LogP contribution in [0.2, 0.25) is 0 Å². The van der Waals surface area contributed by atoms with Gasteiger partial charge in [0, 0.05) is 42.9 Å². The molecule has 140 valence electrons. The highest BCUT2D eigenvalue weighted by molar-refractivity contribution is 5.81. The average molecular weight is 356 g/mol. The van der Waals surface area contributed by atoms with Crippen molar-refractivity contribution < 1.29 is 4.79 Å². The Hall–Kier alpha value is -2.18. The number of nitrogens with zero attached hydrogens (tertiary/aromatic N) is 6. The number of hydrogen-bond acceptors (Lipinski definition) is 4. The fourth-order valence-electron chi connectivity index (χ4n) is 3.81. The van der Waals surface area contributed by atoms with Crippen LogP contribution in [0.15, 0.2) is 18.5 Å². The zero-order chi connectivity index (χ0) is 18.3. The van der Waals surface area contributed by atoms with Crippen molar-refractivity contribution in [2.75, 3.05) is 13.1 Å². The molecule has 0 spiro atoms. The molecule has 0 atom stereocenters. The normalized spacial score (nSPS) is 19.1. The van der Waals surface area contributed by atoms with E-state index in [2.05, 4.69) is 19.9 Å². The molecule has 2 aromatic rings. The summed E-state index contributed by atoms with van der Waals surface area (Å²) in [6.45, 7) is 8.27. The predicted molar refractivity (Wildman–Crippen MR) is 97.6 cm³/mol. The fourth-order valence-corrected chi connectivity index (χ4v) is 3.81. The van der Waals surface area contributed by atoms with Gasteiger partial charge in [-0.1, -0.05) is 20.8 Å². The topological polar surface area (TPSA) is 68.8 Å². The summed E-state index contributed by atoms with van der Waals surface area (Å²) in [4.78, 5) is 14.5. The van der Waals surface area contributed by atoms with Gasteiger partial charge in [0.15, 0.2) is 5.82 Å². The van der Waals surface area contributed by atoms with E-state index in [1.54, 1.807) is 6.20 Å². The van der Waals surface area contributed by atoms with Crippen molar-refractivity contribution in [3.05, 3.63) is 30.1 Å². The van der Waals surface area contributed by atoms with Gasteiger partial charge in [-0.15, -0.1) is 10.2 Å². The maximum atomic E-state index is 12.5. The van der Waals surface area contributed by atoms with Gasteiger partial charge in [-0.2, -0.15) is 5.10 Å². The maximum Gasteiger partial charge on any atom is 0.227 e. The lowest BCUT2D eigenvalue weighted by Crippen LogP contribution is -2.44. The number of carbonyl (C=O) groups excluding carboxylic acids is 1. The lowest BCUT2D eigenvalue weighted by atomic mass is 9.90. The third-order valence-corrected chi connectivity index (χ3v) is 5.36. The number of amides is 1. The standard InChI is InChI=1S/C19H28N6O/c1-19(2,3)18(26)23-11-7-14(8-12-23)17-22-21-16(25(17)15-5-6-15)13-24-10-4-9-20-24/h4,9-10,14-15H,5-8,11-13H2,1-3H3. The van der Waals surface area contributed by atoms with Crippen LogP contribution < -0.4 is 0 Å². The zero-order valence-electron chi connectivity index (χ0n) is 15.9. The number of rotatable bonds is 4. The largest absolute Gasteiger partial charge is 0.342 e. The van der Waals surface area contributed by atoms with E-state index in [4.69, 9.17) is 0 Å². The highest BCUT2D eigenvalue weighted by Crippen LogP contribution is 2.40.